The van der Waals surface area contributed by atoms with Crippen molar-refractivity contribution in [2.75, 3.05) is 43.2 Å². The Morgan fingerprint density at radius 3 is 2.95 bits per heavy atom. The fraction of sp³-hybridized carbons (Fsp3) is 0.643. The molecule has 2 heterocycles. The first-order chi connectivity index (χ1) is 10.1. The van der Waals surface area contributed by atoms with Crippen LogP contribution in [-0.4, -0.2) is 44.6 Å². The van der Waals surface area contributed by atoms with E-state index in [2.05, 4.69) is 11.8 Å². The summed E-state index contributed by atoms with van der Waals surface area (Å²) >= 11 is 3.00. The van der Waals surface area contributed by atoms with Crippen molar-refractivity contribution in [1.82, 2.24) is 0 Å². The van der Waals surface area contributed by atoms with Crippen LogP contribution in [0.5, 0.6) is 0 Å². The molecule has 5 nitrogen and oxygen atoms in total. The Kier molecular flexibility index (Phi) is 5.78. The summed E-state index contributed by atoms with van der Waals surface area (Å²) in [5, 5.41) is 1.06. The molecule has 1 atom stereocenters. The smallest absolute Gasteiger partial charge is 0.350 e. The number of nitrogens with zero attached hydrogens (tertiary/aromatic N) is 1. The van der Waals surface area contributed by atoms with Gasteiger partial charge in [-0.1, -0.05) is 6.92 Å². The Hall–Kier alpha value is -0.920. The molecule has 21 heavy (non-hydrogen) atoms. The third-order valence-electron chi connectivity index (χ3n) is 3.43. The average Bonchev–Trinajstić information content (AvgIpc) is 2.84. The van der Waals surface area contributed by atoms with Gasteiger partial charge in [0, 0.05) is 13.1 Å². The van der Waals surface area contributed by atoms with Gasteiger partial charge in [-0.15, -0.1) is 23.1 Å². The number of morpholine rings is 1. The van der Waals surface area contributed by atoms with E-state index < -0.39 is 0 Å². The third kappa shape index (κ3) is 3.46. The van der Waals surface area contributed by atoms with Crippen molar-refractivity contribution in [2.24, 2.45) is 0 Å². The Morgan fingerprint density at radius 1 is 1.57 bits per heavy atom. The van der Waals surface area contributed by atoms with Gasteiger partial charge in [-0.3, -0.25) is 0 Å². The molecule has 7 heteroatoms. The van der Waals surface area contributed by atoms with E-state index >= 15 is 0 Å². The van der Waals surface area contributed by atoms with Gasteiger partial charge >= 0.3 is 5.97 Å². The number of carbonyl (C=O) groups excluding carboxylic acids is 1. The van der Waals surface area contributed by atoms with Crippen LogP contribution in [0.15, 0.2) is 4.90 Å². The normalized spacial score (nSPS) is 18.8. The predicted molar refractivity (Wildman–Crippen MR) is 88.7 cm³/mol. The summed E-state index contributed by atoms with van der Waals surface area (Å²) < 4.78 is 10.8. The summed E-state index contributed by atoms with van der Waals surface area (Å²) in [6.07, 6.45) is 3.20. The highest BCUT2D eigenvalue weighted by molar-refractivity contribution is 7.99. The largest absolute Gasteiger partial charge is 0.462 e. The van der Waals surface area contributed by atoms with Crippen LogP contribution in [0.2, 0.25) is 0 Å². The van der Waals surface area contributed by atoms with Crippen LogP contribution in [0.25, 0.3) is 0 Å². The zero-order valence-corrected chi connectivity index (χ0v) is 14.3. The summed E-state index contributed by atoms with van der Waals surface area (Å²) in [5.41, 5.74) is 6.69. The van der Waals surface area contributed by atoms with Crippen molar-refractivity contribution in [1.29, 1.82) is 0 Å². The highest BCUT2D eigenvalue weighted by Crippen LogP contribution is 2.44. The monoisotopic (exact) mass is 330 g/mol. The van der Waals surface area contributed by atoms with Gasteiger partial charge in [0.05, 0.1) is 29.9 Å². The number of anilines is 2. The maximum atomic E-state index is 12.0. The third-order valence-corrected chi connectivity index (χ3v) is 5.63. The minimum atomic E-state index is -0.332. The quantitative estimate of drug-likeness (QED) is 0.661. The van der Waals surface area contributed by atoms with Crippen LogP contribution in [0.4, 0.5) is 10.7 Å². The molecular weight excluding hydrogens is 308 g/mol. The van der Waals surface area contributed by atoms with E-state index in [1.165, 1.54) is 11.3 Å². The molecule has 1 aliphatic rings. The molecule has 0 saturated carbocycles. The van der Waals surface area contributed by atoms with Crippen molar-refractivity contribution in [3.8, 4) is 0 Å². The van der Waals surface area contributed by atoms with E-state index in [-0.39, 0.29) is 12.1 Å². The Morgan fingerprint density at radius 2 is 2.33 bits per heavy atom. The summed E-state index contributed by atoms with van der Waals surface area (Å²) in [6, 6.07) is 0. The molecule has 1 aromatic heterocycles. The number of nitrogens with two attached hydrogens (primary N) is 1. The minimum Gasteiger partial charge on any atom is -0.462 e. The summed E-state index contributed by atoms with van der Waals surface area (Å²) in [5.74, 6) is -0.332. The van der Waals surface area contributed by atoms with Crippen molar-refractivity contribution in [3.63, 3.8) is 0 Å². The Bertz CT molecular complexity index is 505. The lowest BCUT2D eigenvalue weighted by Gasteiger charge is -2.33. The van der Waals surface area contributed by atoms with Gasteiger partial charge in [0.1, 0.15) is 9.88 Å². The van der Waals surface area contributed by atoms with Crippen LogP contribution in [0.1, 0.15) is 29.9 Å². The summed E-state index contributed by atoms with van der Waals surface area (Å²) in [7, 11) is 0. The number of ether oxygens (including phenoxy) is 2. The number of nitrogen functional groups attached to an aromatic ring is 1. The second-order valence-corrected chi connectivity index (χ2v) is 6.57. The first kappa shape index (κ1) is 16.5. The lowest BCUT2D eigenvalue weighted by Crippen LogP contribution is -2.42. The second kappa shape index (κ2) is 7.38. The first-order valence-electron chi connectivity index (χ1n) is 7.12. The van der Waals surface area contributed by atoms with Gasteiger partial charge < -0.3 is 20.1 Å². The number of carbonyl (C=O) groups is 1. The van der Waals surface area contributed by atoms with Gasteiger partial charge in [-0.2, -0.15) is 0 Å². The average molecular weight is 330 g/mol. The number of thioether (sulfide) groups is 1. The minimum absolute atomic E-state index is 0.239. The fourth-order valence-corrected chi connectivity index (χ4v) is 4.43. The second-order valence-electron chi connectivity index (χ2n) is 4.75. The van der Waals surface area contributed by atoms with Crippen LogP contribution in [0, 0.1) is 0 Å². The van der Waals surface area contributed by atoms with E-state index in [9.17, 15) is 4.79 Å². The maximum Gasteiger partial charge on any atom is 0.350 e. The number of hydrogen-bond acceptors (Lipinski definition) is 7. The molecular formula is C14H22N2O3S2. The maximum absolute atomic E-state index is 12.0. The van der Waals surface area contributed by atoms with Gasteiger partial charge in [-0.25, -0.2) is 4.79 Å². The van der Waals surface area contributed by atoms with Gasteiger partial charge in [0.15, 0.2) is 0 Å². The number of thiophene rings is 1. The van der Waals surface area contributed by atoms with Crippen LogP contribution >= 0.6 is 23.1 Å². The van der Waals surface area contributed by atoms with E-state index in [1.54, 1.807) is 18.7 Å². The van der Waals surface area contributed by atoms with Crippen molar-refractivity contribution in [3.05, 3.63) is 4.88 Å². The molecule has 0 spiro atoms. The molecule has 0 aromatic carbocycles. The molecule has 1 unspecified atom stereocenters. The van der Waals surface area contributed by atoms with Gasteiger partial charge in [0.2, 0.25) is 0 Å². The highest BCUT2D eigenvalue weighted by Gasteiger charge is 2.27. The van der Waals surface area contributed by atoms with Crippen LogP contribution in [-0.2, 0) is 9.47 Å². The summed E-state index contributed by atoms with van der Waals surface area (Å²) in [6.45, 7) is 6.65. The highest BCUT2D eigenvalue weighted by atomic mass is 32.2. The van der Waals surface area contributed by atoms with Crippen molar-refractivity contribution in [2.45, 2.75) is 31.3 Å². The molecule has 1 saturated heterocycles. The standard InChI is InChI=1S/C14H22N2O3S2/c1-4-9-8-16(6-7-19-9)13-11(20-3)10(15)12(21-13)14(17)18-5-2/h9H,4-8,15H2,1-3H3. The molecule has 118 valence electrons. The molecule has 0 aliphatic carbocycles. The van der Waals surface area contributed by atoms with E-state index in [0.29, 0.717) is 23.8 Å². The number of esters is 1. The van der Waals surface area contributed by atoms with Crippen LogP contribution < -0.4 is 10.6 Å². The lowest BCUT2D eigenvalue weighted by molar-refractivity contribution is 0.0385. The zero-order valence-electron chi connectivity index (χ0n) is 12.7. The summed E-state index contributed by atoms with van der Waals surface area (Å²) in [4.78, 5) is 15.8. The first-order valence-corrected chi connectivity index (χ1v) is 9.16. The number of rotatable bonds is 5. The van der Waals surface area contributed by atoms with Crippen molar-refractivity contribution < 1.29 is 14.3 Å². The van der Waals surface area contributed by atoms with E-state index in [4.69, 9.17) is 15.2 Å². The molecule has 2 rings (SSSR count). The lowest BCUT2D eigenvalue weighted by atomic mass is 10.2. The molecule has 1 aromatic rings. The molecule has 0 bridgehead atoms. The van der Waals surface area contributed by atoms with Crippen molar-refractivity contribution >= 4 is 39.8 Å². The Labute approximate surface area is 133 Å². The van der Waals surface area contributed by atoms with E-state index in [1.807, 2.05) is 6.26 Å². The SMILES string of the molecule is CCOC(=O)c1sc(N2CCOC(CC)C2)c(SC)c1N. The Balaban J connectivity index is 2.30. The van der Waals surface area contributed by atoms with E-state index in [0.717, 1.165) is 29.4 Å². The molecule has 0 radical (unpaired) electrons. The predicted octanol–water partition coefficient (Wildman–Crippen LogP) is 2.84. The number of hydrogen-bond donors (Lipinski definition) is 1. The van der Waals surface area contributed by atoms with Gasteiger partial charge in [-0.05, 0) is 19.6 Å². The topological polar surface area (TPSA) is 64.8 Å². The zero-order chi connectivity index (χ0) is 15.4. The molecule has 2 N–H and O–H groups in total. The molecule has 1 aliphatic heterocycles. The fourth-order valence-electron chi connectivity index (χ4n) is 2.32. The molecule has 0 amide bonds. The molecule has 1 fully saturated rings. The van der Waals surface area contributed by atoms with Crippen LogP contribution in [0.3, 0.4) is 0 Å². The van der Waals surface area contributed by atoms with Gasteiger partial charge in [0.25, 0.3) is 0 Å².